The van der Waals surface area contributed by atoms with Gasteiger partial charge in [0.05, 0.1) is 38.7 Å². The van der Waals surface area contributed by atoms with Crippen LogP contribution in [0.1, 0.15) is 16.8 Å². The average molecular weight is 509 g/mol. The molecule has 1 amide bonds. The molecule has 1 aliphatic rings. The molecule has 2 aromatic carbocycles. The number of hydrogen-bond donors (Lipinski definition) is 0. The second-order valence-corrected chi connectivity index (χ2v) is 9.68. The first-order valence-electron chi connectivity index (χ1n) is 10.2. The molecule has 0 bridgehead atoms. The van der Waals surface area contributed by atoms with E-state index < -0.39 is 0 Å². The highest BCUT2D eigenvalue weighted by Gasteiger charge is 2.23. The van der Waals surface area contributed by atoms with E-state index in [4.69, 9.17) is 21.3 Å². The zero-order chi connectivity index (χ0) is 21.2. The van der Waals surface area contributed by atoms with Crippen LogP contribution < -0.4 is 4.90 Å². The largest absolute Gasteiger partial charge is 0.379 e. The summed E-state index contributed by atoms with van der Waals surface area (Å²) in [4.78, 5) is 26.8. The van der Waals surface area contributed by atoms with Gasteiger partial charge in [0.25, 0.3) is 5.91 Å². The second kappa shape index (κ2) is 10.4. The number of morpholine rings is 1. The second-order valence-electron chi connectivity index (χ2n) is 7.38. The first-order valence-corrected chi connectivity index (χ1v) is 12.3. The SMILES string of the molecule is Cl.O=C(c1ccc2ncsc2c1)N(CCCN1CCOCC1)c1nc2c(Cl)cccc2s1. The molecule has 5 rings (SSSR count). The number of halogens is 2. The monoisotopic (exact) mass is 508 g/mol. The molecule has 0 N–H and O–H groups in total. The third kappa shape index (κ3) is 4.90. The molecule has 0 atom stereocenters. The molecule has 0 saturated carbocycles. The lowest BCUT2D eigenvalue weighted by Crippen LogP contribution is -2.39. The van der Waals surface area contributed by atoms with Gasteiger partial charge in [-0.05, 0) is 36.8 Å². The minimum absolute atomic E-state index is 0. The van der Waals surface area contributed by atoms with Crippen LogP contribution in [0.15, 0.2) is 41.9 Å². The molecule has 10 heteroatoms. The van der Waals surface area contributed by atoms with Crippen molar-refractivity contribution >= 4 is 78.2 Å². The quantitative estimate of drug-likeness (QED) is 0.351. The lowest BCUT2D eigenvalue weighted by molar-refractivity contribution is 0.0376. The molecular weight excluding hydrogens is 487 g/mol. The Hall–Kier alpha value is -1.81. The maximum absolute atomic E-state index is 13.6. The van der Waals surface area contributed by atoms with E-state index in [9.17, 15) is 4.79 Å². The summed E-state index contributed by atoms with van der Waals surface area (Å²) in [6.07, 6.45) is 0.859. The summed E-state index contributed by atoms with van der Waals surface area (Å²) in [5, 5.41) is 1.28. The van der Waals surface area contributed by atoms with E-state index in [1.807, 2.05) is 36.4 Å². The van der Waals surface area contributed by atoms with Gasteiger partial charge in [-0.3, -0.25) is 14.6 Å². The minimum atomic E-state index is -0.0487. The van der Waals surface area contributed by atoms with Gasteiger partial charge >= 0.3 is 0 Å². The molecular formula is C22H22Cl2N4O2S2. The smallest absolute Gasteiger partial charge is 0.260 e. The van der Waals surface area contributed by atoms with E-state index >= 15 is 0 Å². The Kier molecular flexibility index (Phi) is 7.60. The Morgan fingerprint density at radius 2 is 2.03 bits per heavy atom. The zero-order valence-corrected chi connectivity index (χ0v) is 20.4. The van der Waals surface area contributed by atoms with Gasteiger partial charge in [-0.15, -0.1) is 23.7 Å². The van der Waals surface area contributed by atoms with E-state index in [-0.39, 0.29) is 18.3 Å². The number of anilines is 1. The Morgan fingerprint density at radius 3 is 2.84 bits per heavy atom. The summed E-state index contributed by atoms with van der Waals surface area (Å²) in [6, 6.07) is 11.4. The molecule has 0 aliphatic carbocycles. The Morgan fingerprint density at radius 1 is 1.19 bits per heavy atom. The molecule has 1 aliphatic heterocycles. The van der Waals surface area contributed by atoms with Crippen LogP contribution in [0.4, 0.5) is 5.13 Å². The summed E-state index contributed by atoms with van der Waals surface area (Å²) >= 11 is 9.39. The molecule has 1 fully saturated rings. The van der Waals surface area contributed by atoms with Crippen molar-refractivity contribution in [1.29, 1.82) is 0 Å². The number of ether oxygens (including phenoxy) is 1. The highest BCUT2D eigenvalue weighted by Crippen LogP contribution is 2.34. The van der Waals surface area contributed by atoms with Crippen LogP contribution in [-0.4, -0.2) is 60.2 Å². The number of benzene rings is 2. The summed E-state index contributed by atoms with van der Waals surface area (Å²) in [5.74, 6) is -0.0487. The van der Waals surface area contributed by atoms with Crippen LogP contribution in [0, 0.1) is 0 Å². The fourth-order valence-electron chi connectivity index (χ4n) is 3.72. The fourth-order valence-corrected chi connectivity index (χ4v) is 5.73. The van der Waals surface area contributed by atoms with E-state index in [2.05, 4.69) is 9.88 Å². The molecule has 4 aromatic rings. The van der Waals surface area contributed by atoms with Gasteiger partial charge in [0.1, 0.15) is 5.52 Å². The topological polar surface area (TPSA) is 58.6 Å². The highest BCUT2D eigenvalue weighted by molar-refractivity contribution is 7.22. The number of aromatic nitrogens is 2. The summed E-state index contributed by atoms with van der Waals surface area (Å²) in [5.41, 5.74) is 4.10. The molecule has 6 nitrogen and oxygen atoms in total. The van der Waals surface area contributed by atoms with Crippen molar-refractivity contribution in [3.05, 3.63) is 52.5 Å². The molecule has 3 heterocycles. The van der Waals surface area contributed by atoms with Gasteiger partial charge in [-0.1, -0.05) is 29.0 Å². The number of hydrogen-bond acceptors (Lipinski definition) is 7. The van der Waals surface area contributed by atoms with Crippen molar-refractivity contribution in [3.63, 3.8) is 0 Å². The van der Waals surface area contributed by atoms with E-state index in [1.165, 1.54) is 22.7 Å². The predicted octanol–water partition coefficient (Wildman–Crippen LogP) is 5.35. The van der Waals surface area contributed by atoms with Crippen LogP contribution in [0.2, 0.25) is 5.02 Å². The number of carbonyl (C=O) groups excluding carboxylic acids is 1. The Bertz CT molecular complexity index is 1220. The van der Waals surface area contributed by atoms with Crippen molar-refractivity contribution in [2.45, 2.75) is 6.42 Å². The first-order chi connectivity index (χ1) is 15.2. The van der Waals surface area contributed by atoms with Crippen LogP contribution in [-0.2, 0) is 4.74 Å². The number of rotatable bonds is 6. The van der Waals surface area contributed by atoms with Crippen molar-refractivity contribution in [2.75, 3.05) is 44.3 Å². The van der Waals surface area contributed by atoms with Crippen molar-refractivity contribution in [3.8, 4) is 0 Å². The molecule has 0 radical (unpaired) electrons. The number of amides is 1. The van der Waals surface area contributed by atoms with Crippen LogP contribution in [0.3, 0.4) is 0 Å². The number of thiazole rings is 2. The van der Waals surface area contributed by atoms with E-state index in [0.29, 0.717) is 22.3 Å². The normalized spacial score (nSPS) is 14.5. The van der Waals surface area contributed by atoms with Gasteiger partial charge in [-0.2, -0.15) is 0 Å². The fraction of sp³-hybridized carbons (Fsp3) is 0.318. The zero-order valence-electron chi connectivity index (χ0n) is 17.2. The summed E-state index contributed by atoms with van der Waals surface area (Å²) < 4.78 is 7.42. The minimum Gasteiger partial charge on any atom is -0.379 e. The lowest BCUT2D eigenvalue weighted by atomic mass is 10.2. The van der Waals surface area contributed by atoms with Gasteiger partial charge in [-0.25, -0.2) is 9.97 Å². The van der Waals surface area contributed by atoms with Crippen LogP contribution in [0.5, 0.6) is 0 Å². The molecule has 2 aromatic heterocycles. The predicted molar refractivity (Wildman–Crippen MR) is 135 cm³/mol. The average Bonchev–Trinajstić information content (AvgIpc) is 3.44. The number of fused-ring (bicyclic) bond motifs is 2. The third-order valence-corrected chi connectivity index (χ3v) is 7.51. The van der Waals surface area contributed by atoms with Gasteiger partial charge in [0.2, 0.25) is 0 Å². The highest BCUT2D eigenvalue weighted by atomic mass is 35.5. The maximum atomic E-state index is 13.6. The first kappa shape index (κ1) is 23.4. The third-order valence-electron chi connectivity index (χ3n) is 5.37. The van der Waals surface area contributed by atoms with E-state index in [0.717, 1.165) is 59.7 Å². The van der Waals surface area contributed by atoms with Crippen molar-refractivity contribution in [2.24, 2.45) is 0 Å². The summed E-state index contributed by atoms with van der Waals surface area (Å²) in [7, 11) is 0. The van der Waals surface area contributed by atoms with E-state index in [1.54, 1.807) is 10.4 Å². The van der Waals surface area contributed by atoms with Gasteiger partial charge < -0.3 is 4.74 Å². The van der Waals surface area contributed by atoms with Gasteiger partial charge in [0, 0.05) is 31.7 Å². The lowest BCUT2D eigenvalue weighted by Gasteiger charge is -2.27. The summed E-state index contributed by atoms with van der Waals surface area (Å²) in [6.45, 7) is 4.93. The molecule has 168 valence electrons. The molecule has 0 spiro atoms. The van der Waals surface area contributed by atoms with Crippen molar-refractivity contribution < 1.29 is 9.53 Å². The van der Waals surface area contributed by atoms with Crippen LogP contribution in [0.25, 0.3) is 20.4 Å². The van der Waals surface area contributed by atoms with Gasteiger partial charge in [0.15, 0.2) is 5.13 Å². The molecule has 1 saturated heterocycles. The van der Waals surface area contributed by atoms with Crippen LogP contribution >= 0.6 is 46.7 Å². The Balaban J connectivity index is 0.00000245. The number of para-hydroxylation sites is 1. The number of nitrogens with zero attached hydrogens (tertiary/aromatic N) is 4. The maximum Gasteiger partial charge on any atom is 0.260 e. The molecule has 32 heavy (non-hydrogen) atoms. The molecule has 0 unspecified atom stereocenters. The number of carbonyl (C=O) groups is 1. The van der Waals surface area contributed by atoms with Crippen molar-refractivity contribution in [1.82, 2.24) is 14.9 Å². The standard InChI is InChI=1S/C22H21ClN4O2S2.ClH/c23-16-3-1-4-18-20(16)25-22(31-18)27(8-2-7-26-9-11-29-12-10-26)21(28)15-5-6-17-19(13-15)30-14-24-17;/h1,3-6,13-14H,2,7-12H2;1H. The Labute approximate surface area is 205 Å².